The zero-order valence-electron chi connectivity index (χ0n) is 17.9. The van der Waals surface area contributed by atoms with E-state index in [4.69, 9.17) is 16.6 Å². The molecule has 1 unspecified atom stereocenters. The number of rotatable bonds is 4. The van der Waals surface area contributed by atoms with Crippen molar-refractivity contribution in [1.82, 2.24) is 9.29 Å². The monoisotopic (exact) mass is 475 g/mol. The van der Waals surface area contributed by atoms with Crippen molar-refractivity contribution in [3.8, 4) is 11.1 Å². The number of hydrogen-bond donors (Lipinski definition) is 1. The zero-order valence-corrected chi connectivity index (χ0v) is 19.5. The summed E-state index contributed by atoms with van der Waals surface area (Å²) in [6.07, 6.45) is 4.85. The molecule has 0 fully saturated rings. The van der Waals surface area contributed by atoms with Crippen LogP contribution in [0.25, 0.3) is 11.1 Å². The molecule has 0 bridgehead atoms. The maximum Gasteiger partial charge on any atom is 0.250 e. The third-order valence-electron chi connectivity index (χ3n) is 5.76. The Morgan fingerprint density at radius 2 is 1.97 bits per heavy atom. The molecule has 9 heteroatoms. The van der Waals surface area contributed by atoms with Crippen molar-refractivity contribution in [2.24, 2.45) is 12.0 Å². The minimum atomic E-state index is -3.48. The van der Waals surface area contributed by atoms with Crippen molar-refractivity contribution in [1.29, 1.82) is 0 Å². The highest BCUT2D eigenvalue weighted by Crippen LogP contribution is 2.39. The van der Waals surface area contributed by atoms with Crippen LogP contribution in [0.4, 0.5) is 4.39 Å². The number of benzene rings is 1. The van der Waals surface area contributed by atoms with Gasteiger partial charge in [-0.05, 0) is 48.4 Å². The van der Waals surface area contributed by atoms with E-state index in [-0.39, 0.29) is 29.6 Å². The third kappa shape index (κ3) is 4.22. The predicted octanol–water partition coefficient (Wildman–Crippen LogP) is 3.76. The molecule has 0 saturated heterocycles. The van der Waals surface area contributed by atoms with Crippen LogP contribution in [0.1, 0.15) is 36.1 Å². The van der Waals surface area contributed by atoms with Gasteiger partial charge in [0.2, 0.25) is 10.0 Å². The number of aryl methyl sites for hydroxylation is 1. The summed E-state index contributed by atoms with van der Waals surface area (Å²) in [4.78, 5) is 17.3. The number of sulfonamides is 1. The quantitative estimate of drug-likeness (QED) is 0.684. The second-order valence-electron chi connectivity index (χ2n) is 8.00. The molecule has 2 heterocycles. The molecule has 2 aromatic rings. The van der Waals surface area contributed by atoms with E-state index in [9.17, 15) is 17.6 Å². The number of fused-ring (bicyclic) bond motifs is 3. The van der Waals surface area contributed by atoms with Gasteiger partial charge in [-0.15, -0.1) is 11.6 Å². The molecule has 6 nitrogen and oxygen atoms in total. The number of alkyl halides is 1. The molecule has 0 spiro atoms. The van der Waals surface area contributed by atoms with Crippen LogP contribution in [0.3, 0.4) is 0 Å². The number of allylic oxidation sites excluding steroid dienone is 4. The average molecular weight is 476 g/mol. The number of nitrogens with one attached hydrogen (secondary N) is 1. The van der Waals surface area contributed by atoms with Crippen molar-refractivity contribution in [2.75, 3.05) is 7.05 Å². The highest BCUT2D eigenvalue weighted by molar-refractivity contribution is 7.88. The van der Waals surface area contributed by atoms with Gasteiger partial charge >= 0.3 is 0 Å². The number of nitrogens with zero attached hydrogens (tertiary/aromatic N) is 2. The topological polar surface area (TPSA) is 80.5 Å². The van der Waals surface area contributed by atoms with Gasteiger partial charge in [-0.3, -0.25) is 9.79 Å². The minimum absolute atomic E-state index is 0.0707. The maximum atomic E-state index is 13.8. The highest BCUT2D eigenvalue weighted by Gasteiger charge is 2.29. The maximum absolute atomic E-state index is 13.8. The first kappa shape index (κ1) is 22.6. The summed E-state index contributed by atoms with van der Waals surface area (Å²) in [6.45, 7) is 1.89. The van der Waals surface area contributed by atoms with E-state index in [2.05, 4.69) is 4.72 Å². The largest absolute Gasteiger partial charge is 0.318 e. The number of aromatic nitrogens is 1. The Labute approximate surface area is 191 Å². The van der Waals surface area contributed by atoms with Crippen molar-refractivity contribution in [3.63, 3.8) is 0 Å². The first-order chi connectivity index (χ1) is 15.1. The molecule has 168 valence electrons. The van der Waals surface area contributed by atoms with E-state index in [1.807, 2.05) is 19.1 Å². The average Bonchev–Trinajstić information content (AvgIpc) is 2.84. The molecule has 4 rings (SSSR count). The van der Waals surface area contributed by atoms with Crippen LogP contribution >= 0.6 is 11.6 Å². The van der Waals surface area contributed by atoms with Gasteiger partial charge in [0.1, 0.15) is 5.83 Å². The summed E-state index contributed by atoms with van der Waals surface area (Å²) in [5.41, 5.74) is 4.78. The Balaban J connectivity index is 1.99. The number of halogens is 2. The minimum Gasteiger partial charge on any atom is -0.318 e. The van der Waals surface area contributed by atoms with Gasteiger partial charge in [-0.25, -0.2) is 17.5 Å². The van der Waals surface area contributed by atoms with Crippen molar-refractivity contribution in [3.05, 3.63) is 81.1 Å². The summed E-state index contributed by atoms with van der Waals surface area (Å²) in [5, 5.41) is -0.587. The smallest absolute Gasteiger partial charge is 0.250 e. The SMILES string of the molecule is CNS(=O)(=O)Cc1ccc2c(c1)-c1cn(C)c(=O)cc1[C@H](C)N=C2C1=CC=C(F)CC1Cl. The molecule has 0 radical (unpaired) electrons. The highest BCUT2D eigenvalue weighted by atomic mass is 35.5. The zero-order chi connectivity index (χ0) is 23.2. The van der Waals surface area contributed by atoms with Crippen molar-refractivity contribution < 1.29 is 12.8 Å². The second-order valence-corrected chi connectivity index (χ2v) is 10.4. The van der Waals surface area contributed by atoms with Crippen LogP contribution in [0.15, 0.2) is 63.8 Å². The fraction of sp³-hybridized carbons (Fsp3) is 0.304. The Kier molecular flexibility index (Phi) is 5.96. The van der Waals surface area contributed by atoms with Gasteiger partial charge in [0.15, 0.2) is 0 Å². The van der Waals surface area contributed by atoms with Crippen LogP contribution in [-0.4, -0.2) is 31.1 Å². The molecule has 1 N–H and O–H groups in total. The van der Waals surface area contributed by atoms with Gasteiger partial charge in [0.05, 0.1) is 22.9 Å². The number of pyridine rings is 1. The van der Waals surface area contributed by atoms with Crippen LogP contribution in [0, 0.1) is 0 Å². The van der Waals surface area contributed by atoms with Crippen LogP contribution < -0.4 is 10.3 Å². The van der Waals surface area contributed by atoms with Gasteiger partial charge in [-0.2, -0.15) is 0 Å². The Morgan fingerprint density at radius 3 is 2.66 bits per heavy atom. The summed E-state index contributed by atoms with van der Waals surface area (Å²) in [6, 6.07) is 6.57. The predicted molar refractivity (Wildman–Crippen MR) is 125 cm³/mol. The molecule has 0 saturated carbocycles. The second kappa shape index (κ2) is 8.42. The number of hydrogen-bond acceptors (Lipinski definition) is 4. The Bertz CT molecular complexity index is 1360. The lowest BCUT2D eigenvalue weighted by Crippen LogP contribution is -2.21. The molecule has 1 aromatic carbocycles. The fourth-order valence-electron chi connectivity index (χ4n) is 4.04. The Hall–Kier alpha value is -2.55. The third-order valence-corrected chi connectivity index (χ3v) is 7.48. The lowest BCUT2D eigenvalue weighted by Gasteiger charge is -2.20. The van der Waals surface area contributed by atoms with E-state index < -0.39 is 15.4 Å². The molecule has 0 amide bonds. The first-order valence-electron chi connectivity index (χ1n) is 10.1. The Morgan fingerprint density at radius 1 is 1.22 bits per heavy atom. The van der Waals surface area contributed by atoms with Crippen LogP contribution in [0.2, 0.25) is 0 Å². The summed E-state index contributed by atoms with van der Waals surface area (Å²) >= 11 is 6.51. The molecule has 1 aliphatic heterocycles. The van der Waals surface area contributed by atoms with Gasteiger partial charge in [-0.1, -0.05) is 18.2 Å². The molecule has 1 aromatic heterocycles. The first-order valence-corrected chi connectivity index (χ1v) is 12.2. The summed E-state index contributed by atoms with van der Waals surface area (Å²) in [7, 11) is -0.436. The van der Waals surface area contributed by atoms with Crippen molar-refractivity contribution >= 4 is 27.3 Å². The standard InChI is InChI=1S/C23H23ClFN3O3S/c1-13-18-10-22(29)28(3)11-20(18)19-8-14(12-32(30,31)26-2)4-6-16(19)23(27-13)17-7-5-15(25)9-21(17)24/h4-8,10-11,13,21,26H,9,12H2,1-3H3/t13-,21?/m0/s1. The van der Waals surface area contributed by atoms with Crippen LogP contribution in [-0.2, 0) is 22.8 Å². The van der Waals surface area contributed by atoms with Gasteiger partial charge in [0, 0.05) is 36.9 Å². The van der Waals surface area contributed by atoms with Crippen molar-refractivity contribution in [2.45, 2.75) is 30.5 Å². The molecule has 32 heavy (non-hydrogen) atoms. The molecule has 2 aliphatic rings. The summed E-state index contributed by atoms with van der Waals surface area (Å²) < 4.78 is 41.9. The van der Waals surface area contributed by atoms with Gasteiger partial charge < -0.3 is 4.57 Å². The fourth-order valence-corrected chi connectivity index (χ4v) is 5.13. The summed E-state index contributed by atoms with van der Waals surface area (Å²) in [5.74, 6) is -0.482. The molecular formula is C23H23ClFN3O3S. The lowest BCUT2D eigenvalue weighted by atomic mass is 9.88. The molecule has 2 atom stereocenters. The van der Waals surface area contributed by atoms with Gasteiger partial charge in [0.25, 0.3) is 5.56 Å². The van der Waals surface area contributed by atoms with E-state index in [1.54, 1.807) is 31.5 Å². The van der Waals surface area contributed by atoms with E-state index in [0.717, 1.165) is 22.3 Å². The molecule has 1 aliphatic carbocycles. The van der Waals surface area contributed by atoms with E-state index >= 15 is 0 Å². The van der Waals surface area contributed by atoms with E-state index in [1.165, 1.54) is 17.7 Å². The van der Waals surface area contributed by atoms with Crippen LogP contribution in [0.5, 0.6) is 0 Å². The normalized spacial score (nSPS) is 20.5. The molecular weight excluding hydrogens is 453 g/mol. The van der Waals surface area contributed by atoms with E-state index in [0.29, 0.717) is 16.8 Å². The number of aliphatic imine (C=N–C) groups is 1. The lowest BCUT2D eigenvalue weighted by molar-refractivity contribution is 0.586.